The highest BCUT2D eigenvalue weighted by atomic mass is 16.5. The van der Waals surface area contributed by atoms with Gasteiger partial charge in [0.25, 0.3) is 0 Å². The van der Waals surface area contributed by atoms with Gasteiger partial charge in [-0.3, -0.25) is 0 Å². The van der Waals surface area contributed by atoms with Crippen molar-refractivity contribution in [3.8, 4) is 22.9 Å². The van der Waals surface area contributed by atoms with Gasteiger partial charge in [0.1, 0.15) is 23.1 Å². The molecule has 8 heteroatoms. The van der Waals surface area contributed by atoms with Crippen molar-refractivity contribution in [1.82, 2.24) is 15.0 Å². The van der Waals surface area contributed by atoms with Crippen LogP contribution < -0.4 is 20.1 Å². The number of nitrogens with zero attached hydrogens (tertiary/aromatic N) is 4. The van der Waals surface area contributed by atoms with Gasteiger partial charge in [0.15, 0.2) is 5.82 Å². The van der Waals surface area contributed by atoms with Crippen molar-refractivity contribution in [3.63, 3.8) is 0 Å². The zero-order chi connectivity index (χ0) is 22.1. The number of hydrogen-bond donors (Lipinski definition) is 1. The largest absolute Gasteiger partial charge is 0.496 e. The van der Waals surface area contributed by atoms with E-state index in [1.165, 1.54) is 0 Å². The molecule has 1 fully saturated rings. The third-order valence-electron chi connectivity index (χ3n) is 6.07. The zero-order valence-electron chi connectivity index (χ0n) is 18.7. The van der Waals surface area contributed by atoms with E-state index in [0.717, 1.165) is 70.8 Å². The van der Waals surface area contributed by atoms with Gasteiger partial charge in [-0.15, -0.1) is 0 Å². The third kappa shape index (κ3) is 3.83. The second-order valence-electron chi connectivity index (χ2n) is 7.83. The highest BCUT2D eigenvalue weighted by Gasteiger charge is 2.24. The van der Waals surface area contributed by atoms with Crippen molar-refractivity contribution >= 4 is 22.5 Å². The average Bonchev–Trinajstić information content (AvgIpc) is 2.79. The molecule has 3 heterocycles. The topological polar surface area (TPSA) is 95.6 Å². The number of ether oxygens (including phenoxy) is 3. The van der Waals surface area contributed by atoms with Gasteiger partial charge < -0.3 is 24.8 Å². The van der Waals surface area contributed by atoms with Crippen LogP contribution in [-0.4, -0.2) is 55.5 Å². The summed E-state index contributed by atoms with van der Waals surface area (Å²) >= 11 is 0. The average molecular weight is 424 g/mol. The fourth-order valence-electron chi connectivity index (χ4n) is 4.31. The monoisotopic (exact) mass is 423 g/mol. The Morgan fingerprint density at radius 2 is 1.61 bits per heavy atom. The Kier molecular flexibility index (Phi) is 5.82. The minimum absolute atomic E-state index is 0.280. The van der Waals surface area contributed by atoms with E-state index in [1.54, 1.807) is 27.5 Å². The van der Waals surface area contributed by atoms with Gasteiger partial charge in [-0.25, -0.2) is 15.0 Å². The lowest BCUT2D eigenvalue weighted by Crippen LogP contribution is -2.37. The molecule has 1 aliphatic heterocycles. The SMILES string of the molecule is COc1cc(OC)c(C)c(-c2nc(N3CCC(OC)CC3)c3cc(N)ncc3n2)c1C. The molecule has 0 spiro atoms. The van der Waals surface area contributed by atoms with Crippen LogP contribution in [0.1, 0.15) is 24.0 Å². The number of methoxy groups -OCH3 is 3. The first kappa shape index (κ1) is 21.1. The van der Waals surface area contributed by atoms with Crippen LogP contribution >= 0.6 is 0 Å². The number of nitrogen functional groups attached to an aromatic ring is 1. The number of hydrogen-bond acceptors (Lipinski definition) is 8. The van der Waals surface area contributed by atoms with Crippen molar-refractivity contribution < 1.29 is 14.2 Å². The Balaban J connectivity index is 1.92. The minimum atomic E-state index is 0.280. The molecule has 3 aromatic rings. The van der Waals surface area contributed by atoms with E-state index in [4.69, 9.17) is 29.9 Å². The van der Waals surface area contributed by atoms with E-state index in [-0.39, 0.29) is 6.10 Å². The van der Waals surface area contributed by atoms with Crippen LogP contribution in [0.3, 0.4) is 0 Å². The predicted octanol–water partition coefficient (Wildman–Crippen LogP) is 3.52. The summed E-state index contributed by atoms with van der Waals surface area (Å²) in [5.41, 5.74) is 9.59. The number of anilines is 2. The van der Waals surface area contributed by atoms with Gasteiger partial charge >= 0.3 is 0 Å². The molecular weight excluding hydrogens is 394 g/mol. The highest BCUT2D eigenvalue weighted by Crippen LogP contribution is 2.39. The first-order valence-electron chi connectivity index (χ1n) is 10.4. The molecule has 1 saturated heterocycles. The molecule has 0 saturated carbocycles. The fraction of sp³-hybridized carbons (Fsp3) is 0.435. The van der Waals surface area contributed by atoms with E-state index in [9.17, 15) is 0 Å². The number of aromatic nitrogens is 3. The predicted molar refractivity (Wildman–Crippen MR) is 122 cm³/mol. The van der Waals surface area contributed by atoms with Crippen molar-refractivity contribution in [2.75, 3.05) is 45.1 Å². The van der Waals surface area contributed by atoms with Gasteiger partial charge in [0.05, 0.1) is 32.0 Å². The number of nitrogens with two attached hydrogens (primary N) is 1. The number of fused-ring (bicyclic) bond motifs is 1. The lowest BCUT2D eigenvalue weighted by molar-refractivity contribution is 0.0818. The summed E-state index contributed by atoms with van der Waals surface area (Å²) in [5.74, 6) is 3.41. The molecule has 1 aromatic carbocycles. The molecule has 164 valence electrons. The molecule has 0 atom stereocenters. The van der Waals surface area contributed by atoms with Crippen LogP contribution in [0.5, 0.6) is 11.5 Å². The van der Waals surface area contributed by atoms with Crippen molar-refractivity contribution in [2.24, 2.45) is 0 Å². The standard InChI is InChI=1S/C23H29N5O3/c1-13-18(30-4)11-19(31-5)14(2)21(13)22-26-17-12-25-20(24)10-16(17)23(27-22)28-8-6-15(29-3)7-9-28/h10-12,15H,6-9H2,1-5H3,(H2,24,25). The Bertz CT molecular complexity index is 1080. The van der Waals surface area contributed by atoms with E-state index in [2.05, 4.69) is 9.88 Å². The van der Waals surface area contributed by atoms with Crippen LogP contribution in [0.4, 0.5) is 11.6 Å². The van der Waals surface area contributed by atoms with E-state index >= 15 is 0 Å². The van der Waals surface area contributed by atoms with Crippen LogP contribution in [0.2, 0.25) is 0 Å². The van der Waals surface area contributed by atoms with Gasteiger partial charge in [0.2, 0.25) is 0 Å². The summed E-state index contributed by atoms with van der Waals surface area (Å²) in [7, 11) is 5.08. The van der Waals surface area contributed by atoms with E-state index in [0.29, 0.717) is 11.6 Å². The molecule has 2 aromatic heterocycles. The first-order valence-corrected chi connectivity index (χ1v) is 10.4. The molecule has 2 N–H and O–H groups in total. The fourth-order valence-corrected chi connectivity index (χ4v) is 4.31. The molecule has 0 bridgehead atoms. The third-order valence-corrected chi connectivity index (χ3v) is 6.07. The molecule has 31 heavy (non-hydrogen) atoms. The van der Waals surface area contributed by atoms with Crippen molar-refractivity contribution in [3.05, 3.63) is 29.5 Å². The van der Waals surface area contributed by atoms with Gasteiger partial charge in [-0.2, -0.15) is 0 Å². The highest BCUT2D eigenvalue weighted by molar-refractivity contribution is 5.92. The van der Waals surface area contributed by atoms with Crippen LogP contribution in [0.15, 0.2) is 18.3 Å². The molecule has 1 aliphatic rings. The smallest absolute Gasteiger partial charge is 0.163 e. The maximum absolute atomic E-state index is 6.00. The second-order valence-corrected chi connectivity index (χ2v) is 7.83. The molecule has 4 rings (SSSR count). The molecule has 0 amide bonds. The second kappa shape index (κ2) is 8.55. The van der Waals surface area contributed by atoms with E-state index in [1.807, 2.05) is 26.0 Å². The number of rotatable bonds is 5. The quantitative estimate of drug-likeness (QED) is 0.666. The lowest BCUT2D eigenvalue weighted by atomic mass is 9.99. The maximum Gasteiger partial charge on any atom is 0.163 e. The normalized spacial score (nSPS) is 14.8. The molecule has 0 radical (unpaired) electrons. The van der Waals surface area contributed by atoms with Crippen molar-refractivity contribution in [1.29, 1.82) is 0 Å². The van der Waals surface area contributed by atoms with Gasteiger partial charge in [-0.05, 0) is 32.8 Å². The summed E-state index contributed by atoms with van der Waals surface area (Å²) in [4.78, 5) is 16.4. The molecule has 0 unspecified atom stereocenters. The maximum atomic E-state index is 6.00. The summed E-state index contributed by atoms with van der Waals surface area (Å²) in [5, 5.41) is 0.900. The number of benzene rings is 1. The van der Waals surface area contributed by atoms with Crippen LogP contribution in [0, 0.1) is 13.8 Å². The molecule has 0 aliphatic carbocycles. The Morgan fingerprint density at radius 1 is 0.968 bits per heavy atom. The lowest BCUT2D eigenvalue weighted by Gasteiger charge is -2.33. The van der Waals surface area contributed by atoms with Crippen LogP contribution in [0.25, 0.3) is 22.3 Å². The minimum Gasteiger partial charge on any atom is -0.496 e. The summed E-state index contributed by atoms with van der Waals surface area (Å²) in [6, 6.07) is 3.75. The zero-order valence-corrected chi connectivity index (χ0v) is 18.7. The van der Waals surface area contributed by atoms with Crippen LogP contribution in [-0.2, 0) is 4.74 Å². The van der Waals surface area contributed by atoms with Gasteiger partial charge in [0, 0.05) is 48.3 Å². The Hall–Kier alpha value is -3.13. The summed E-state index contributed by atoms with van der Waals surface area (Å²) in [6.07, 6.45) is 3.89. The number of piperidine rings is 1. The first-order chi connectivity index (χ1) is 15.0. The number of pyridine rings is 1. The van der Waals surface area contributed by atoms with Gasteiger partial charge in [-0.1, -0.05) is 0 Å². The summed E-state index contributed by atoms with van der Waals surface area (Å²) in [6.45, 7) is 5.73. The Morgan fingerprint density at radius 3 is 2.19 bits per heavy atom. The van der Waals surface area contributed by atoms with E-state index < -0.39 is 0 Å². The van der Waals surface area contributed by atoms with Crippen molar-refractivity contribution in [2.45, 2.75) is 32.8 Å². The summed E-state index contributed by atoms with van der Waals surface area (Å²) < 4.78 is 16.7. The Labute approximate surface area is 182 Å². The molecule has 8 nitrogen and oxygen atoms in total. The molecular formula is C23H29N5O3.